The highest BCUT2D eigenvalue weighted by molar-refractivity contribution is 6.04. The summed E-state index contributed by atoms with van der Waals surface area (Å²) in [7, 11) is 4.82. The van der Waals surface area contributed by atoms with Gasteiger partial charge in [0.15, 0.2) is 0 Å². The van der Waals surface area contributed by atoms with E-state index in [-0.39, 0.29) is 59.0 Å². The predicted molar refractivity (Wildman–Crippen MR) is 170 cm³/mol. The van der Waals surface area contributed by atoms with E-state index in [0.717, 1.165) is 18.4 Å². The molecule has 0 aliphatic carbocycles. The average Bonchev–Trinajstić information content (AvgIpc) is 2.95. The summed E-state index contributed by atoms with van der Waals surface area (Å²) in [6.07, 6.45) is 0.945. The zero-order chi connectivity index (χ0) is 33.0. The summed E-state index contributed by atoms with van der Waals surface area (Å²) < 4.78 is 0. The van der Waals surface area contributed by atoms with Crippen LogP contribution in [0.2, 0.25) is 0 Å². The van der Waals surface area contributed by atoms with Gasteiger partial charge in [0, 0.05) is 63.9 Å². The van der Waals surface area contributed by atoms with Crippen LogP contribution in [0.25, 0.3) is 0 Å². The second kappa shape index (κ2) is 17.4. The standard InChI is InChI=1S/C33H49N5O6/c1-8-14-38(15-9-2)33(44)26-19-24(18-25(20-26)32(43)36(5)6)31(42)34-28(17-23-10-12-27(39)13-11-23)29(40)21-37(7)35-30(41)16-22(3)4/h10-13,18-20,22,28-29,39-40H,8-9,14-17,21H2,1-7H3,(H,34,42)(H,35,41). The number of benzene rings is 2. The fourth-order valence-electron chi connectivity index (χ4n) is 4.80. The Bertz CT molecular complexity index is 1260. The van der Waals surface area contributed by atoms with Crippen molar-refractivity contribution >= 4 is 23.6 Å². The summed E-state index contributed by atoms with van der Waals surface area (Å²) in [6.45, 7) is 8.93. The Morgan fingerprint density at radius 1 is 0.841 bits per heavy atom. The molecule has 2 unspecified atom stereocenters. The minimum atomic E-state index is -1.12. The SMILES string of the molecule is CCCN(CCC)C(=O)c1cc(C(=O)NC(Cc2ccc(O)cc2)C(O)CN(C)NC(=O)CC(C)C)cc(C(=O)N(C)C)c1. The number of hydrogen-bond acceptors (Lipinski definition) is 7. The van der Waals surface area contributed by atoms with E-state index in [2.05, 4.69) is 10.7 Å². The minimum absolute atomic E-state index is 0.0127. The molecule has 2 atom stereocenters. The Kier molecular flexibility index (Phi) is 14.3. The lowest BCUT2D eigenvalue weighted by Gasteiger charge is -2.29. The molecule has 0 fully saturated rings. The van der Waals surface area contributed by atoms with Crippen molar-refractivity contribution in [3.8, 4) is 5.75 Å². The number of aliphatic hydroxyl groups is 1. The fourth-order valence-corrected chi connectivity index (χ4v) is 4.80. The summed E-state index contributed by atoms with van der Waals surface area (Å²) in [5, 5.41) is 25.3. The molecule has 44 heavy (non-hydrogen) atoms. The molecular weight excluding hydrogens is 562 g/mol. The second-order valence-corrected chi connectivity index (χ2v) is 11.8. The Hall–Kier alpha value is -3.96. The Morgan fingerprint density at radius 2 is 1.39 bits per heavy atom. The highest BCUT2D eigenvalue weighted by atomic mass is 16.3. The van der Waals surface area contributed by atoms with E-state index in [4.69, 9.17) is 0 Å². The summed E-state index contributed by atoms with van der Waals surface area (Å²) in [5.41, 5.74) is 4.02. The number of rotatable bonds is 16. The van der Waals surface area contributed by atoms with Crippen molar-refractivity contribution in [3.05, 3.63) is 64.7 Å². The van der Waals surface area contributed by atoms with E-state index in [0.29, 0.717) is 19.5 Å². The molecular formula is C33H49N5O6. The van der Waals surface area contributed by atoms with Crippen LogP contribution in [0.5, 0.6) is 5.75 Å². The number of likely N-dealkylation sites (N-methyl/N-ethyl adjacent to an activating group) is 1. The third-order valence-corrected chi connectivity index (χ3v) is 6.91. The maximum Gasteiger partial charge on any atom is 0.253 e. The van der Waals surface area contributed by atoms with Crippen LogP contribution in [0.15, 0.2) is 42.5 Å². The van der Waals surface area contributed by atoms with Gasteiger partial charge in [0.25, 0.3) is 17.7 Å². The minimum Gasteiger partial charge on any atom is -0.508 e. The number of amides is 4. The number of nitrogens with one attached hydrogen (secondary N) is 2. The fraction of sp³-hybridized carbons (Fsp3) is 0.515. The van der Waals surface area contributed by atoms with Gasteiger partial charge in [-0.2, -0.15) is 0 Å². The topological polar surface area (TPSA) is 143 Å². The molecule has 0 radical (unpaired) electrons. The van der Waals surface area contributed by atoms with Crippen molar-refractivity contribution in [3.63, 3.8) is 0 Å². The number of hydrazine groups is 1. The number of carbonyl (C=O) groups excluding carboxylic acids is 4. The van der Waals surface area contributed by atoms with Crippen molar-refractivity contribution in [2.75, 3.05) is 40.8 Å². The van der Waals surface area contributed by atoms with E-state index >= 15 is 0 Å². The van der Waals surface area contributed by atoms with E-state index in [9.17, 15) is 29.4 Å². The number of phenolic OH excluding ortho intramolecular Hbond substituents is 1. The summed E-state index contributed by atoms with van der Waals surface area (Å²) in [4.78, 5) is 55.5. The largest absolute Gasteiger partial charge is 0.508 e. The number of aromatic hydroxyl groups is 1. The predicted octanol–water partition coefficient (Wildman–Crippen LogP) is 3.07. The number of phenols is 1. The smallest absolute Gasteiger partial charge is 0.253 e. The van der Waals surface area contributed by atoms with Crippen molar-refractivity contribution in [1.29, 1.82) is 0 Å². The summed E-state index contributed by atoms with van der Waals surface area (Å²) in [6, 6.07) is 10.0. The quantitative estimate of drug-likeness (QED) is 0.214. The van der Waals surface area contributed by atoms with Crippen molar-refractivity contribution in [2.24, 2.45) is 5.92 Å². The number of nitrogens with zero attached hydrogens (tertiary/aromatic N) is 3. The van der Waals surface area contributed by atoms with Gasteiger partial charge in [0.1, 0.15) is 5.75 Å². The van der Waals surface area contributed by atoms with Gasteiger partial charge in [-0.15, -0.1) is 0 Å². The molecule has 0 aliphatic rings. The zero-order valence-electron chi connectivity index (χ0n) is 27.1. The van der Waals surface area contributed by atoms with E-state index in [1.54, 1.807) is 38.2 Å². The molecule has 0 saturated heterocycles. The first-order valence-corrected chi connectivity index (χ1v) is 15.2. The average molecular weight is 612 g/mol. The second-order valence-electron chi connectivity index (χ2n) is 11.8. The molecule has 0 aromatic heterocycles. The van der Waals surface area contributed by atoms with Gasteiger partial charge < -0.3 is 25.3 Å². The molecule has 0 aliphatic heterocycles. The molecule has 0 heterocycles. The van der Waals surface area contributed by atoms with Crippen LogP contribution >= 0.6 is 0 Å². The Labute approximate surface area is 261 Å². The first kappa shape index (κ1) is 36.2. The van der Waals surface area contributed by atoms with Crippen LogP contribution in [0, 0.1) is 5.92 Å². The number of carbonyl (C=O) groups is 4. The van der Waals surface area contributed by atoms with Crippen LogP contribution in [0.4, 0.5) is 0 Å². The summed E-state index contributed by atoms with van der Waals surface area (Å²) in [5.74, 6) is -1.13. The van der Waals surface area contributed by atoms with E-state index in [1.165, 1.54) is 40.2 Å². The molecule has 0 spiro atoms. The molecule has 11 heteroatoms. The first-order chi connectivity index (χ1) is 20.7. The molecule has 242 valence electrons. The lowest BCUT2D eigenvalue weighted by molar-refractivity contribution is -0.126. The van der Waals surface area contributed by atoms with Crippen LogP contribution in [-0.2, 0) is 11.2 Å². The third-order valence-electron chi connectivity index (χ3n) is 6.91. The maximum absolute atomic E-state index is 13.7. The van der Waals surface area contributed by atoms with Gasteiger partial charge in [0.2, 0.25) is 5.91 Å². The van der Waals surface area contributed by atoms with E-state index < -0.39 is 18.1 Å². The molecule has 2 rings (SSSR count). The van der Waals surface area contributed by atoms with Gasteiger partial charge in [-0.1, -0.05) is 39.8 Å². The number of hydrogen-bond donors (Lipinski definition) is 4. The first-order valence-electron chi connectivity index (χ1n) is 15.2. The lowest BCUT2D eigenvalue weighted by atomic mass is 9.99. The highest BCUT2D eigenvalue weighted by Gasteiger charge is 2.26. The number of aliphatic hydroxyl groups excluding tert-OH is 1. The van der Waals surface area contributed by atoms with Crippen LogP contribution in [0.1, 0.15) is 83.6 Å². The highest BCUT2D eigenvalue weighted by Crippen LogP contribution is 2.18. The van der Waals surface area contributed by atoms with Crippen molar-refractivity contribution < 1.29 is 29.4 Å². The lowest BCUT2D eigenvalue weighted by Crippen LogP contribution is -2.52. The Balaban J connectivity index is 2.43. The molecule has 0 saturated carbocycles. The van der Waals surface area contributed by atoms with Crippen LogP contribution in [-0.4, -0.2) is 102 Å². The molecule has 2 aromatic rings. The maximum atomic E-state index is 13.7. The normalized spacial score (nSPS) is 12.5. The molecule has 0 bridgehead atoms. The van der Waals surface area contributed by atoms with Gasteiger partial charge in [-0.05, 0) is 61.1 Å². The Morgan fingerprint density at radius 3 is 1.91 bits per heavy atom. The van der Waals surface area contributed by atoms with Crippen LogP contribution in [0.3, 0.4) is 0 Å². The van der Waals surface area contributed by atoms with Crippen molar-refractivity contribution in [1.82, 2.24) is 25.6 Å². The van der Waals surface area contributed by atoms with Gasteiger partial charge >= 0.3 is 0 Å². The third kappa shape index (κ3) is 11.3. The molecule has 11 nitrogen and oxygen atoms in total. The zero-order valence-corrected chi connectivity index (χ0v) is 27.1. The van der Waals surface area contributed by atoms with Gasteiger partial charge in [0.05, 0.1) is 12.1 Å². The summed E-state index contributed by atoms with van der Waals surface area (Å²) >= 11 is 0. The van der Waals surface area contributed by atoms with E-state index in [1.807, 2.05) is 27.7 Å². The van der Waals surface area contributed by atoms with Crippen molar-refractivity contribution in [2.45, 2.75) is 65.5 Å². The van der Waals surface area contributed by atoms with Crippen LogP contribution < -0.4 is 10.7 Å². The van der Waals surface area contributed by atoms with Gasteiger partial charge in [-0.3, -0.25) is 24.6 Å². The molecule has 4 N–H and O–H groups in total. The molecule has 4 amide bonds. The molecule has 2 aromatic carbocycles. The van der Waals surface area contributed by atoms with Gasteiger partial charge in [-0.25, -0.2) is 5.01 Å². The monoisotopic (exact) mass is 611 g/mol.